The predicted molar refractivity (Wildman–Crippen MR) is 116 cm³/mol. The Morgan fingerprint density at radius 3 is 2.64 bits per heavy atom. The molecular formula is C21H14ClF3N4O3S. The Balaban J connectivity index is 1.91. The van der Waals surface area contributed by atoms with Gasteiger partial charge in [0.05, 0.1) is 45.7 Å². The van der Waals surface area contributed by atoms with Gasteiger partial charge in [0, 0.05) is 5.02 Å². The molecule has 0 saturated heterocycles. The molecule has 0 aliphatic carbocycles. The minimum absolute atomic E-state index is 0.00807. The van der Waals surface area contributed by atoms with E-state index in [1.807, 2.05) is 6.07 Å². The fourth-order valence-electron chi connectivity index (χ4n) is 3.03. The highest BCUT2D eigenvalue weighted by Crippen LogP contribution is 2.37. The number of anilines is 1. The van der Waals surface area contributed by atoms with Gasteiger partial charge in [0.25, 0.3) is 5.91 Å². The van der Waals surface area contributed by atoms with Crippen LogP contribution in [0.3, 0.4) is 0 Å². The van der Waals surface area contributed by atoms with Crippen molar-refractivity contribution < 1.29 is 27.2 Å². The smallest absolute Gasteiger partial charge is 0.418 e. The van der Waals surface area contributed by atoms with Gasteiger partial charge < -0.3 is 15.5 Å². The van der Waals surface area contributed by atoms with Crippen molar-refractivity contribution in [2.24, 2.45) is 5.73 Å². The molecule has 0 radical (unpaired) electrons. The zero-order valence-corrected chi connectivity index (χ0v) is 18.4. The molecule has 2 amide bonds. The molecule has 0 fully saturated rings. The monoisotopic (exact) mass is 494 g/mol. The number of nitriles is 1. The van der Waals surface area contributed by atoms with Crippen molar-refractivity contribution >= 4 is 40.9 Å². The third kappa shape index (κ3) is 5.30. The van der Waals surface area contributed by atoms with Gasteiger partial charge in [-0.3, -0.25) is 9.59 Å². The molecule has 2 heterocycles. The van der Waals surface area contributed by atoms with Crippen molar-refractivity contribution in [1.29, 1.82) is 5.26 Å². The fraction of sp³-hybridized carbons (Fsp3) is 0.143. The van der Waals surface area contributed by atoms with Crippen molar-refractivity contribution in [3.8, 4) is 17.4 Å². The van der Waals surface area contributed by atoms with Gasteiger partial charge in [0.15, 0.2) is 0 Å². The Kier molecular flexibility index (Phi) is 7.00. The number of thioether (sulfide) groups is 1. The Morgan fingerprint density at radius 1 is 1.33 bits per heavy atom. The number of nitrogens with zero attached hydrogens (tertiary/aromatic N) is 2. The summed E-state index contributed by atoms with van der Waals surface area (Å²) in [6.45, 7) is 1.50. The Morgan fingerprint density at radius 2 is 2.06 bits per heavy atom. The van der Waals surface area contributed by atoms with E-state index in [-0.39, 0.29) is 43.9 Å². The van der Waals surface area contributed by atoms with Gasteiger partial charge in [-0.15, -0.1) is 0 Å². The molecular weight excluding hydrogens is 481 g/mol. The number of halogens is 4. The van der Waals surface area contributed by atoms with Crippen LogP contribution in [-0.2, 0) is 11.0 Å². The van der Waals surface area contributed by atoms with E-state index in [1.165, 1.54) is 25.3 Å². The van der Waals surface area contributed by atoms with Crippen molar-refractivity contribution in [2.75, 3.05) is 11.1 Å². The number of furan rings is 1. The van der Waals surface area contributed by atoms with E-state index in [1.54, 1.807) is 6.07 Å². The quantitative estimate of drug-likeness (QED) is 0.464. The minimum Gasteiger partial charge on any atom is -0.464 e. The summed E-state index contributed by atoms with van der Waals surface area (Å²) in [5.41, 5.74) is 4.18. The number of carbonyl (C=O) groups is 2. The number of primary amides is 1. The standard InChI is InChI=1S/C21H14ClF3N4O3S/c1-10-17(19(27)31)18(15-3-2-6-32-15)12(8-26)20(28-10)33-9-16(30)29-14-5-4-11(22)7-13(14)21(23,24)25/h2-7H,9H2,1H3,(H2,27,31)(H,29,30). The number of hydrogen-bond donors (Lipinski definition) is 2. The Hall–Kier alpha value is -3.49. The van der Waals surface area contributed by atoms with Crippen LogP contribution >= 0.6 is 23.4 Å². The van der Waals surface area contributed by atoms with E-state index < -0.39 is 29.2 Å². The van der Waals surface area contributed by atoms with Gasteiger partial charge in [-0.1, -0.05) is 23.4 Å². The lowest BCUT2D eigenvalue weighted by atomic mass is 9.99. The largest absolute Gasteiger partial charge is 0.464 e. The van der Waals surface area contributed by atoms with Gasteiger partial charge in [0.1, 0.15) is 16.9 Å². The molecule has 0 unspecified atom stereocenters. The average molecular weight is 495 g/mol. The third-order valence-electron chi connectivity index (χ3n) is 4.37. The molecule has 12 heteroatoms. The molecule has 0 bridgehead atoms. The Bertz CT molecular complexity index is 1270. The van der Waals surface area contributed by atoms with Crippen LogP contribution in [0.4, 0.5) is 18.9 Å². The van der Waals surface area contributed by atoms with Crippen molar-refractivity contribution in [3.05, 3.63) is 64.0 Å². The summed E-state index contributed by atoms with van der Waals surface area (Å²) in [4.78, 5) is 28.6. The van der Waals surface area contributed by atoms with E-state index in [2.05, 4.69) is 10.3 Å². The molecule has 2 aromatic heterocycles. The maximum Gasteiger partial charge on any atom is 0.418 e. The van der Waals surface area contributed by atoms with E-state index in [0.717, 1.165) is 17.8 Å². The molecule has 1 aromatic carbocycles. The number of alkyl halides is 3. The van der Waals surface area contributed by atoms with Crippen molar-refractivity contribution in [1.82, 2.24) is 4.98 Å². The van der Waals surface area contributed by atoms with Gasteiger partial charge in [0.2, 0.25) is 5.91 Å². The van der Waals surface area contributed by atoms with Gasteiger partial charge in [-0.25, -0.2) is 4.98 Å². The molecule has 3 N–H and O–H groups in total. The van der Waals surface area contributed by atoms with Crippen molar-refractivity contribution in [2.45, 2.75) is 18.1 Å². The molecule has 0 atom stereocenters. The first-order chi connectivity index (χ1) is 15.5. The molecule has 0 spiro atoms. The summed E-state index contributed by atoms with van der Waals surface area (Å²) < 4.78 is 45.1. The number of nitrogens with two attached hydrogens (primary N) is 1. The van der Waals surface area contributed by atoms with Gasteiger partial charge in [-0.05, 0) is 37.3 Å². The number of carbonyl (C=O) groups excluding carboxylic acids is 2. The number of aromatic nitrogens is 1. The number of aryl methyl sites for hydroxylation is 1. The highest BCUT2D eigenvalue weighted by molar-refractivity contribution is 8.00. The maximum atomic E-state index is 13.2. The van der Waals surface area contributed by atoms with Crippen molar-refractivity contribution in [3.63, 3.8) is 0 Å². The summed E-state index contributed by atoms with van der Waals surface area (Å²) >= 11 is 6.46. The SMILES string of the molecule is Cc1nc(SCC(=O)Nc2ccc(Cl)cc2C(F)(F)F)c(C#N)c(-c2ccco2)c1C(N)=O. The van der Waals surface area contributed by atoms with E-state index in [4.69, 9.17) is 21.8 Å². The zero-order valence-electron chi connectivity index (χ0n) is 16.8. The number of rotatable bonds is 6. The summed E-state index contributed by atoms with van der Waals surface area (Å²) in [5, 5.41) is 11.9. The van der Waals surface area contributed by atoms with Crippen LogP contribution in [-0.4, -0.2) is 22.6 Å². The lowest BCUT2D eigenvalue weighted by molar-refractivity contribution is -0.137. The summed E-state index contributed by atoms with van der Waals surface area (Å²) in [7, 11) is 0. The lowest BCUT2D eigenvalue weighted by Gasteiger charge is -2.15. The van der Waals surface area contributed by atoms with E-state index >= 15 is 0 Å². The first-order valence-corrected chi connectivity index (χ1v) is 10.5. The van der Waals surface area contributed by atoms with Gasteiger partial charge in [-0.2, -0.15) is 18.4 Å². The third-order valence-corrected chi connectivity index (χ3v) is 5.58. The topological polar surface area (TPSA) is 122 Å². The predicted octanol–water partition coefficient (Wildman–Crippen LogP) is 5.02. The highest BCUT2D eigenvalue weighted by Gasteiger charge is 2.34. The van der Waals surface area contributed by atoms with Crippen LogP contribution in [0, 0.1) is 18.3 Å². The van der Waals surface area contributed by atoms with Gasteiger partial charge >= 0.3 is 6.18 Å². The Labute approximate surface area is 194 Å². The molecule has 0 aliphatic heterocycles. The molecule has 3 rings (SSSR count). The summed E-state index contributed by atoms with van der Waals surface area (Å²) in [5.74, 6) is -1.75. The first kappa shape index (κ1) is 24.2. The molecule has 0 saturated carbocycles. The van der Waals surface area contributed by atoms with Crippen LogP contribution in [0.2, 0.25) is 5.02 Å². The summed E-state index contributed by atoms with van der Waals surface area (Å²) in [6.07, 6.45) is -3.38. The second kappa shape index (κ2) is 9.56. The zero-order chi connectivity index (χ0) is 24.3. The van der Waals surface area contributed by atoms with Crippen LogP contribution in [0.15, 0.2) is 46.0 Å². The number of amides is 2. The molecule has 33 heavy (non-hydrogen) atoms. The first-order valence-electron chi connectivity index (χ1n) is 9.10. The number of benzene rings is 1. The second-order valence-corrected chi connectivity index (χ2v) is 8.01. The minimum atomic E-state index is -4.73. The molecule has 7 nitrogen and oxygen atoms in total. The fourth-order valence-corrected chi connectivity index (χ4v) is 4.04. The molecule has 3 aromatic rings. The second-order valence-electron chi connectivity index (χ2n) is 6.61. The number of hydrogen-bond acceptors (Lipinski definition) is 6. The van der Waals surface area contributed by atoms with Crippen LogP contribution < -0.4 is 11.1 Å². The van der Waals surface area contributed by atoms with Crippen LogP contribution in [0.1, 0.15) is 27.2 Å². The summed E-state index contributed by atoms with van der Waals surface area (Å²) in [6, 6.07) is 8.00. The molecule has 170 valence electrons. The van der Waals surface area contributed by atoms with Crippen LogP contribution in [0.25, 0.3) is 11.3 Å². The normalized spacial score (nSPS) is 11.2. The maximum absolute atomic E-state index is 13.2. The molecule has 0 aliphatic rings. The van der Waals surface area contributed by atoms with E-state index in [0.29, 0.717) is 6.07 Å². The lowest BCUT2D eigenvalue weighted by Crippen LogP contribution is -2.19. The number of nitrogens with one attached hydrogen (secondary N) is 1. The van der Waals surface area contributed by atoms with E-state index in [9.17, 15) is 28.0 Å². The van der Waals surface area contributed by atoms with Crippen LogP contribution in [0.5, 0.6) is 0 Å². The highest BCUT2D eigenvalue weighted by atomic mass is 35.5. The average Bonchev–Trinajstić information content (AvgIpc) is 3.26. The number of pyridine rings is 1.